The van der Waals surface area contributed by atoms with E-state index in [1.54, 1.807) is 0 Å². The summed E-state index contributed by atoms with van der Waals surface area (Å²) in [6.45, 7) is 25.6. The van der Waals surface area contributed by atoms with Gasteiger partial charge in [-0.15, -0.1) is 0 Å². The monoisotopic (exact) mass is 306 g/mol. The van der Waals surface area contributed by atoms with Gasteiger partial charge < -0.3 is 0 Å². The molecule has 2 bridgehead atoms. The number of hydrogen-bond acceptors (Lipinski definition) is 0. The smallest absolute Gasteiger partial charge is 0.0207 e. The zero-order chi connectivity index (χ0) is 17.1. The van der Waals surface area contributed by atoms with Gasteiger partial charge >= 0.3 is 0 Å². The van der Waals surface area contributed by atoms with Gasteiger partial charge in [-0.1, -0.05) is 75.7 Å². The van der Waals surface area contributed by atoms with Crippen LogP contribution >= 0.6 is 0 Å². The van der Waals surface area contributed by atoms with Crippen molar-refractivity contribution in [1.82, 2.24) is 0 Å². The summed E-state index contributed by atoms with van der Waals surface area (Å²) >= 11 is 0. The van der Waals surface area contributed by atoms with Crippen LogP contribution in [0.4, 0.5) is 0 Å². The first-order valence-electron chi connectivity index (χ1n) is 10.1. The molecule has 0 aromatic rings. The minimum atomic E-state index is 0.459. The van der Waals surface area contributed by atoms with Crippen molar-refractivity contribution < 1.29 is 0 Å². The molecule has 2 unspecified atom stereocenters. The second-order valence-corrected chi connectivity index (χ2v) is 9.66. The molecule has 0 aliphatic heterocycles. The van der Waals surface area contributed by atoms with Crippen LogP contribution in [0.5, 0.6) is 0 Å². The van der Waals surface area contributed by atoms with E-state index in [-0.39, 0.29) is 0 Å². The summed E-state index contributed by atoms with van der Waals surface area (Å²) < 4.78 is 0. The van der Waals surface area contributed by atoms with Crippen LogP contribution in [-0.2, 0) is 0 Å². The maximum Gasteiger partial charge on any atom is -0.0207 e. The van der Waals surface area contributed by atoms with Crippen molar-refractivity contribution in [3.63, 3.8) is 0 Å². The molecule has 3 rings (SSSR count). The van der Waals surface area contributed by atoms with E-state index < -0.39 is 0 Å². The molecule has 0 saturated heterocycles. The van der Waals surface area contributed by atoms with Gasteiger partial charge in [-0.2, -0.15) is 0 Å². The first-order valence-corrected chi connectivity index (χ1v) is 10.1. The van der Waals surface area contributed by atoms with Gasteiger partial charge in [-0.3, -0.25) is 0 Å². The molecule has 0 radical (unpaired) electrons. The molecule has 130 valence electrons. The van der Waals surface area contributed by atoms with Crippen LogP contribution in [0, 0.1) is 45.3 Å². The van der Waals surface area contributed by atoms with Gasteiger partial charge in [0.2, 0.25) is 0 Å². The summed E-state index contributed by atoms with van der Waals surface area (Å²) in [6.07, 6.45) is 5.35. The predicted octanol–water partition coefficient (Wildman–Crippen LogP) is 7.18. The minimum absolute atomic E-state index is 0.459. The van der Waals surface area contributed by atoms with E-state index in [0.717, 1.165) is 23.7 Å². The SMILES string of the molecule is CC[C@H]1C(C)(CC)[C@](C)(CC)[C@@H](C)[C@@H]2[C@@H](C)[C@@]1(C)C2(C)CC. The third-order valence-electron chi connectivity index (χ3n) is 10.4. The van der Waals surface area contributed by atoms with Crippen LogP contribution in [0.3, 0.4) is 0 Å². The Morgan fingerprint density at radius 3 is 1.45 bits per heavy atom. The summed E-state index contributed by atoms with van der Waals surface area (Å²) in [6, 6.07) is 0. The molecule has 8 atom stereocenters. The van der Waals surface area contributed by atoms with Gasteiger partial charge in [0.15, 0.2) is 0 Å². The first-order chi connectivity index (χ1) is 10.1. The van der Waals surface area contributed by atoms with Crippen molar-refractivity contribution >= 4 is 0 Å². The lowest BCUT2D eigenvalue weighted by Crippen LogP contribution is -2.65. The van der Waals surface area contributed by atoms with E-state index in [0.29, 0.717) is 21.7 Å². The van der Waals surface area contributed by atoms with Crippen molar-refractivity contribution in [2.24, 2.45) is 45.3 Å². The van der Waals surface area contributed by atoms with Crippen LogP contribution in [0.25, 0.3) is 0 Å². The molecule has 0 amide bonds. The topological polar surface area (TPSA) is 0 Å². The molecule has 3 aliphatic carbocycles. The molecule has 0 spiro atoms. The van der Waals surface area contributed by atoms with Gasteiger partial charge in [0.1, 0.15) is 0 Å². The molecule has 0 nitrogen and oxygen atoms in total. The lowest BCUT2D eigenvalue weighted by atomic mass is 9.34. The molecule has 0 aromatic carbocycles. The Balaban J connectivity index is 2.75. The fourth-order valence-corrected chi connectivity index (χ4v) is 8.25. The second-order valence-electron chi connectivity index (χ2n) is 9.66. The maximum absolute atomic E-state index is 2.66. The predicted molar refractivity (Wildman–Crippen MR) is 98.9 cm³/mol. The van der Waals surface area contributed by atoms with Gasteiger partial charge in [-0.25, -0.2) is 0 Å². The Kier molecular flexibility index (Phi) is 4.38. The Morgan fingerprint density at radius 1 is 0.636 bits per heavy atom. The molecule has 3 fully saturated rings. The standard InChI is InChI=1S/C22H42/c1-11-17-20(8,13-3)19(7,12-2)15(5)18-16(6)22(17,10)21(18,9)14-4/h15-18H,11-14H2,1-10H3/t15-,16+,17-,18+,19+,20?,21?,22+/m0/s1. The zero-order valence-electron chi connectivity index (χ0n) is 17.1. The Morgan fingerprint density at radius 2 is 1.09 bits per heavy atom. The highest BCUT2D eigenvalue weighted by Gasteiger charge is 2.75. The average Bonchev–Trinajstić information content (AvgIpc) is 2.58. The van der Waals surface area contributed by atoms with Crippen LogP contribution in [0.15, 0.2) is 0 Å². The van der Waals surface area contributed by atoms with Crippen molar-refractivity contribution in [1.29, 1.82) is 0 Å². The number of rotatable bonds is 4. The molecule has 3 aliphatic rings. The quantitative estimate of drug-likeness (QED) is 0.516. The molecule has 0 heteroatoms. The molecule has 3 saturated carbocycles. The number of hydrogen-bond donors (Lipinski definition) is 0. The molecule has 0 heterocycles. The van der Waals surface area contributed by atoms with Crippen molar-refractivity contribution in [2.75, 3.05) is 0 Å². The van der Waals surface area contributed by atoms with Gasteiger partial charge in [-0.05, 0) is 64.6 Å². The highest BCUT2D eigenvalue weighted by molar-refractivity contribution is 5.22. The molecular formula is C22H42. The second kappa shape index (κ2) is 5.25. The van der Waals surface area contributed by atoms with Gasteiger partial charge in [0, 0.05) is 0 Å². The minimum Gasteiger partial charge on any atom is -0.0651 e. The highest BCUT2D eigenvalue weighted by Crippen LogP contribution is 2.80. The normalized spacial score (nSPS) is 58.1. The summed E-state index contributed by atoms with van der Waals surface area (Å²) in [5, 5.41) is 0. The van der Waals surface area contributed by atoms with E-state index in [1.807, 2.05) is 0 Å². The van der Waals surface area contributed by atoms with Crippen molar-refractivity contribution in [3.8, 4) is 0 Å². The molecule has 0 aromatic heterocycles. The fourth-order valence-electron chi connectivity index (χ4n) is 8.25. The van der Waals surface area contributed by atoms with Crippen molar-refractivity contribution in [2.45, 2.75) is 94.9 Å². The lowest BCUT2D eigenvalue weighted by molar-refractivity contribution is -0.229. The summed E-state index contributed by atoms with van der Waals surface area (Å²) in [4.78, 5) is 0. The zero-order valence-corrected chi connectivity index (χ0v) is 17.1. The van der Waals surface area contributed by atoms with Crippen LogP contribution < -0.4 is 0 Å². The molecular weight excluding hydrogens is 264 g/mol. The van der Waals surface area contributed by atoms with E-state index in [4.69, 9.17) is 0 Å². The summed E-state index contributed by atoms with van der Waals surface area (Å²) in [5.41, 5.74) is 1.95. The fraction of sp³-hybridized carbons (Fsp3) is 1.00. The lowest BCUT2D eigenvalue weighted by Gasteiger charge is -2.70. The van der Waals surface area contributed by atoms with E-state index in [2.05, 4.69) is 69.2 Å². The Bertz CT molecular complexity index is 426. The largest absolute Gasteiger partial charge is 0.0651 e. The first kappa shape index (κ1) is 18.3. The van der Waals surface area contributed by atoms with E-state index in [9.17, 15) is 0 Å². The van der Waals surface area contributed by atoms with Gasteiger partial charge in [0.25, 0.3) is 0 Å². The number of fused-ring (bicyclic) bond motifs is 3. The Labute approximate surface area is 140 Å². The highest BCUT2D eigenvalue weighted by atomic mass is 14.8. The third-order valence-corrected chi connectivity index (χ3v) is 10.4. The van der Waals surface area contributed by atoms with E-state index >= 15 is 0 Å². The molecule has 0 N–H and O–H groups in total. The maximum atomic E-state index is 2.66. The Hall–Kier alpha value is 0. The molecule has 22 heavy (non-hydrogen) atoms. The van der Waals surface area contributed by atoms with E-state index in [1.165, 1.54) is 25.7 Å². The van der Waals surface area contributed by atoms with Crippen molar-refractivity contribution in [3.05, 3.63) is 0 Å². The van der Waals surface area contributed by atoms with Crippen LogP contribution in [-0.4, -0.2) is 0 Å². The average molecular weight is 307 g/mol. The van der Waals surface area contributed by atoms with Gasteiger partial charge in [0.05, 0.1) is 0 Å². The summed E-state index contributed by atoms with van der Waals surface area (Å²) in [5.74, 6) is 3.44. The third kappa shape index (κ3) is 1.61. The summed E-state index contributed by atoms with van der Waals surface area (Å²) in [7, 11) is 0. The van der Waals surface area contributed by atoms with Crippen LogP contribution in [0.2, 0.25) is 0 Å². The van der Waals surface area contributed by atoms with Crippen LogP contribution in [0.1, 0.15) is 94.9 Å².